The van der Waals surface area contributed by atoms with Gasteiger partial charge in [0, 0.05) is 12.8 Å². The van der Waals surface area contributed by atoms with Crippen LogP contribution in [0.1, 0.15) is 25.0 Å². The van der Waals surface area contributed by atoms with Crippen molar-refractivity contribution in [3.63, 3.8) is 0 Å². The van der Waals surface area contributed by atoms with Crippen LogP contribution < -0.4 is 16.4 Å². The van der Waals surface area contributed by atoms with Gasteiger partial charge in [-0.15, -0.1) is 12.4 Å². The van der Waals surface area contributed by atoms with Crippen molar-refractivity contribution in [3.8, 4) is 0 Å². The zero-order valence-electron chi connectivity index (χ0n) is 14.6. The highest BCUT2D eigenvalue weighted by Crippen LogP contribution is 2.08. The molecule has 0 aliphatic carbocycles. The van der Waals surface area contributed by atoms with Gasteiger partial charge in [0.05, 0.1) is 18.3 Å². The van der Waals surface area contributed by atoms with Gasteiger partial charge < -0.3 is 16.4 Å². The zero-order valence-corrected chi connectivity index (χ0v) is 16.2. The summed E-state index contributed by atoms with van der Waals surface area (Å²) in [5.41, 5.74) is 7.14. The molecule has 7 nitrogen and oxygen atoms in total. The van der Waals surface area contributed by atoms with Crippen molar-refractivity contribution < 1.29 is 18.0 Å². The quantitative estimate of drug-likeness (QED) is 0.591. The van der Waals surface area contributed by atoms with E-state index in [0.717, 1.165) is 5.56 Å². The molecule has 0 aromatic heterocycles. The van der Waals surface area contributed by atoms with Gasteiger partial charge in [0.2, 0.25) is 11.8 Å². The number of hydrogen-bond donors (Lipinski definition) is 3. The van der Waals surface area contributed by atoms with Gasteiger partial charge in [0.15, 0.2) is 9.84 Å². The van der Waals surface area contributed by atoms with Crippen LogP contribution in [0, 0.1) is 5.92 Å². The Balaban J connectivity index is 0.00000576. The van der Waals surface area contributed by atoms with Crippen molar-refractivity contribution in [3.05, 3.63) is 35.4 Å². The molecule has 1 atom stereocenters. The number of nitrogens with one attached hydrogen (secondary N) is 2. The summed E-state index contributed by atoms with van der Waals surface area (Å²) in [6, 6.07) is 6.34. The number of amides is 2. The molecule has 0 fully saturated rings. The minimum absolute atomic E-state index is 0. The zero-order chi connectivity index (χ0) is 18.3. The molecule has 1 rings (SSSR count). The summed E-state index contributed by atoms with van der Waals surface area (Å²) in [4.78, 5) is 23.4. The van der Waals surface area contributed by atoms with Crippen molar-refractivity contribution in [2.24, 2.45) is 11.7 Å². The largest absolute Gasteiger partial charge is 0.350 e. The molecule has 2 amide bonds. The van der Waals surface area contributed by atoms with Gasteiger partial charge in [-0.25, -0.2) is 8.42 Å². The molecule has 1 aromatic carbocycles. The molecule has 0 bridgehead atoms. The van der Waals surface area contributed by atoms with Crippen LogP contribution in [-0.2, 0) is 31.7 Å². The lowest BCUT2D eigenvalue weighted by molar-refractivity contribution is -0.127. The molecule has 0 saturated carbocycles. The Hall–Kier alpha value is -1.64. The predicted octanol–water partition coefficient (Wildman–Crippen LogP) is 0.369. The summed E-state index contributed by atoms with van der Waals surface area (Å²) >= 11 is 0. The number of benzene rings is 1. The van der Waals surface area contributed by atoms with Crippen LogP contribution >= 0.6 is 12.4 Å². The van der Waals surface area contributed by atoms with Crippen LogP contribution in [0.3, 0.4) is 0 Å². The number of carbonyl (C=O) groups is 2. The van der Waals surface area contributed by atoms with Crippen LogP contribution in [0.25, 0.3) is 0 Å². The fraction of sp³-hybridized carbons (Fsp3) is 0.500. The van der Waals surface area contributed by atoms with Crippen LogP contribution in [-0.4, -0.2) is 39.1 Å². The second kappa shape index (κ2) is 10.4. The highest BCUT2D eigenvalue weighted by Gasteiger charge is 2.17. The van der Waals surface area contributed by atoms with E-state index in [1.54, 1.807) is 24.3 Å². The van der Waals surface area contributed by atoms with Crippen molar-refractivity contribution in [2.75, 3.05) is 12.8 Å². The highest BCUT2D eigenvalue weighted by molar-refractivity contribution is 7.89. The number of nitrogens with two attached hydrogens (primary N) is 1. The van der Waals surface area contributed by atoms with Gasteiger partial charge in [-0.3, -0.25) is 9.59 Å². The Morgan fingerprint density at radius 2 is 1.76 bits per heavy atom. The van der Waals surface area contributed by atoms with E-state index in [-0.39, 0.29) is 49.0 Å². The van der Waals surface area contributed by atoms with Crippen LogP contribution in [0.2, 0.25) is 0 Å². The number of rotatable bonds is 8. The summed E-state index contributed by atoms with van der Waals surface area (Å²) in [6.07, 6.45) is 1.17. The third kappa shape index (κ3) is 9.42. The fourth-order valence-corrected chi connectivity index (χ4v) is 2.77. The number of carbonyl (C=O) groups excluding carboxylic acids is 2. The molecule has 0 unspecified atom stereocenters. The minimum atomic E-state index is -3.11. The molecule has 4 N–H and O–H groups in total. The SMILES string of the molecule is CC(C)[C@H](N)C(=O)NCC(=O)NCc1cccc(CS(C)(=O)=O)c1.Cl. The first-order valence-corrected chi connectivity index (χ1v) is 9.70. The van der Waals surface area contributed by atoms with Gasteiger partial charge in [0.25, 0.3) is 0 Å². The third-order valence-corrected chi connectivity index (χ3v) is 4.21. The first kappa shape index (κ1) is 23.4. The van der Waals surface area contributed by atoms with E-state index in [4.69, 9.17) is 5.73 Å². The second-order valence-electron chi connectivity index (χ2n) is 6.15. The van der Waals surface area contributed by atoms with Crippen LogP contribution in [0.5, 0.6) is 0 Å². The number of hydrogen-bond acceptors (Lipinski definition) is 5. The van der Waals surface area contributed by atoms with Gasteiger partial charge in [-0.05, 0) is 17.0 Å². The molecule has 0 spiro atoms. The van der Waals surface area contributed by atoms with E-state index < -0.39 is 15.9 Å². The maximum atomic E-state index is 11.8. The summed E-state index contributed by atoms with van der Waals surface area (Å²) < 4.78 is 22.6. The van der Waals surface area contributed by atoms with Gasteiger partial charge in [0.1, 0.15) is 0 Å². The Bertz CT molecular complexity index is 692. The smallest absolute Gasteiger partial charge is 0.239 e. The molecular formula is C16H26ClN3O4S. The Morgan fingerprint density at radius 1 is 1.16 bits per heavy atom. The molecule has 0 radical (unpaired) electrons. The maximum Gasteiger partial charge on any atom is 0.239 e. The van der Waals surface area contributed by atoms with E-state index in [9.17, 15) is 18.0 Å². The van der Waals surface area contributed by atoms with Gasteiger partial charge in [-0.1, -0.05) is 38.1 Å². The van der Waals surface area contributed by atoms with Crippen molar-refractivity contribution >= 4 is 34.1 Å². The third-order valence-electron chi connectivity index (χ3n) is 3.35. The minimum Gasteiger partial charge on any atom is -0.350 e. The van der Waals surface area contributed by atoms with E-state index >= 15 is 0 Å². The summed E-state index contributed by atoms with van der Waals surface area (Å²) in [7, 11) is -3.11. The molecule has 0 heterocycles. The Morgan fingerprint density at radius 3 is 2.32 bits per heavy atom. The topological polar surface area (TPSA) is 118 Å². The first-order chi connectivity index (χ1) is 11.1. The molecule has 142 valence electrons. The van der Waals surface area contributed by atoms with E-state index in [0.29, 0.717) is 5.56 Å². The fourth-order valence-electron chi connectivity index (χ4n) is 1.98. The first-order valence-electron chi connectivity index (χ1n) is 7.64. The second-order valence-corrected chi connectivity index (χ2v) is 8.29. The normalized spacial score (nSPS) is 12.2. The molecule has 0 aliphatic heterocycles. The van der Waals surface area contributed by atoms with E-state index in [1.807, 2.05) is 13.8 Å². The standard InChI is InChI=1S/C16H25N3O4S.ClH/c1-11(2)15(17)16(21)19-9-14(20)18-8-12-5-4-6-13(7-12)10-24(3,22)23;/h4-7,11,15H,8-10,17H2,1-3H3,(H,18,20)(H,19,21);1H/t15-;/m0./s1. The number of sulfone groups is 1. The van der Waals surface area contributed by atoms with Crippen molar-refractivity contribution in [2.45, 2.75) is 32.2 Å². The summed E-state index contributed by atoms with van der Waals surface area (Å²) in [6.45, 7) is 3.76. The van der Waals surface area contributed by atoms with E-state index in [1.165, 1.54) is 6.26 Å². The molecule has 1 aromatic rings. The highest BCUT2D eigenvalue weighted by atomic mass is 35.5. The summed E-state index contributed by atoms with van der Waals surface area (Å²) in [5, 5.41) is 5.16. The molecule has 0 aliphatic rings. The van der Waals surface area contributed by atoms with Crippen LogP contribution in [0.15, 0.2) is 24.3 Å². The molecule has 9 heteroatoms. The molecule has 0 saturated heterocycles. The Kier molecular flexibility index (Phi) is 9.69. The monoisotopic (exact) mass is 391 g/mol. The average Bonchev–Trinajstić information content (AvgIpc) is 2.48. The Labute approximate surface area is 155 Å². The molecular weight excluding hydrogens is 366 g/mol. The maximum absolute atomic E-state index is 11.8. The van der Waals surface area contributed by atoms with Crippen molar-refractivity contribution in [1.29, 1.82) is 0 Å². The lowest BCUT2D eigenvalue weighted by atomic mass is 10.1. The average molecular weight is 392 g/mol. The summed E-state index contributed by atoms with van der Waals surface area (Å²) in [5.74, 6) is -0.758. The molecule has 25 heavy (non-hydrogen) atoms. The lowest BCUT2D eigenvalue weighted by Crippen LogP contribution is -2.47. The number of halogens is 1. The predicted molar refractivity (Wildman–Crippen MR) is 99.9 cm³/mol. The van der Waals surface area contributed by atoms with E-state index in [2.05, 4.69) is 10.6 Å². The lowest BCUT2D eigenvalue weighted by Gasteiger charge is -2.15. The van der Waals surface area contributed by atoms with Gasteiger partial charge in [-0.2, -0.15) is 0 Å². The van der Waals surface area contributed by atoms with Gasteiger partial charge >= 0.3 is 0 Å². The van der Waals surface area contributed by atoms with Crippen LogP contribution in [0.4, 0.5) is 0 Å². The van der Waals surface area contributed by atoms with Crippen molar-refractivity contribution in [1.82, 2.24) is 10.6 Å².